The Bertz CT molecular complexity index is 2880. The molecule has 8 rings (SSSR count). The van der Waals surface area contributed by atoms with Crippen molar-refractivity contribution in [2.24, 2.45) is 0 Å². The molecule has 0 saturated heterocycles. The number of imidazole rings is 2. The van der Waals surface area contributed by atoms with E-state index in [0.29, 0.717) is 52.8 Å². The van der Waals surface area contributed by atoms with Gasteiger partial charge in [-0.25, -0.2) is 19.7 Å². The van der Waals surface area contributed by atoms with Gasteiger partial charge in [-0.2, -0.15) is 22.7 Å². The van der Waals surface area contributed by atoms with Crippen molar-refractivity contribution in [2.45, 2.75) is 45.3 Å². The number of carbonyl (C=O) groups excluding carboxylic acids is 3. The van der Waals surface area contributed by atoms with Crippen LogP contribution in [0, 0.1) is 0 Å². The number of pyridine rings is 2. The molecule has 1 aromatic carbocycles. The molecular weight excluding hydrogens is 851 g/mol. The molecule has 8 aromatic rings. The molecule has 0 spiro atoms. The van der Waals surface area contributed by atoms with Gasteiger partial charge in [0, 0.05) is 47.9 Å². The summed E-state index contributed by atoms with van der Waals surface area (Å²) in [5, 5.41) is 42.0. The second-order valence-electron chi connectivity index (χ2n) is 14.2. The van der Waals surface area contributed by atoms with Crippen LogP contribution in [-0.2, 0) is 6.54 Å². The Morgan fingerprint density at radius 2 is 1.31 bits per heavy atom. The Kier molecular flexibility index (Phi) is 13.4. The fourth-order valence-electron chi connectivity index (χ4n) is 6.80. The summed E-state index contributed by atoms with van der Waals surface area (Å²) in [6.45, 7) is 3.80. The van der Waals surface area contributed by atoms with E-state index in [9.17, 15) is 34.5 Å². The first-order chi connectivity index (χ1) is 30.0. The third-order valence-corrected chi connectivity index (χ3v) is 12.3. The first kappa shape index (κ1) is 43.6. The van der Waals surface area contributed by atoms with Crippen LogP contribution in [0.25, 0.3) is 44.0 Å². The van der Waals surface area contributed by atoms with Crippen molar-refractivity contribution in [1.29, 1.82) is 0 Å². The quantitative estimate of drug-likeness (QED) is 0.0711. The molecule has 2 atom stereocenters. The monoisotopic (exact) mass is 893 g/mol. The van der Waals surface area contributed by atoms with Crippen LogP contribution in [0.3, 0.4) is 0 Å². The molecule has 7 N–H and O–H groups in total. The lowest BCUT2D eigenvalue weighted by Gasteiger charge is -2.18. The lowest BCUT2D eigenvalue weighted by Crippen LogP contribution is -2.37. The Labute approximate surface area is 367 Å². The van der Waals surface area contributed by atoms with Crippen LogP contribution in [0.4, 0.5) is 5.13 Å². The number of thiazole rings is 1. The van der Waals surface area contributed by atoms with E-state index in [1.807, 2.05) is 65.7 Å². The number of aromatic carboxylic acids is 1. The van der Waals surface area contributed by atoms with Crippen molar-refractivity contribution >= 4 is 84.3 Å². The Morgan fingerprint density at radius 3 is 1.79 bits per heavy atom. The van der Waals surface area contributed by atoms with Gasteiger partial charge >= 0.3 is 5.97 Å². The topological polar surface area (TPSA) is 230 Å². The van der Waals surface area contributed by atoms with Gasteiger partial charge in [-0.15, -0.1) is 0 Å². The largest absolute Gasteiger partial charge is 0.478 e. The number of amides is 3. The minimum Gasteiger partial charge on any atom is -0.478 e. The van der Waals surface area contributed by atoms with Crippen LogP contribution < -0.4 is 16.4 Å². The lowest BCUT2D eigenvalue weighted by molar-refractivity contribution is 0.0696. The van der Waals surface area contributed by atoms with Crippen LogP contribution in [0.1, 0.15) is 73.9 Å². The number of aliphatic hydroxyl groups excluding tert-OH is 2. The van der Waals surface area contributed by atoms with E-state index in [2.05, 4.69) is 20.6 Å². The fraction of sp³-hybridized carbons (Fsp3) is 0.233. The van der Waals surface area contributed by atoms with Gasteiger partial charge in [-0.3, -0.25) is 23.2 Å². The Balaban J connectivity index is 0.000000201. The highest BCUT2D eigenvalue weighted by Crippen LogP contribution is 2.30. The molecule has 62 heavy (non-hydrogen) atoms. The number of hydrogen-bond acceptors (Lipinski definition) is 13. The summed E-state index contributed by atoms with van der Waals surface area (Å²) in [4.78, 5) is 66.3. The number of carboxylic acid groups (broad SMARTS) is 1. The zero-order chi connectivity index (χ0) is 44.1. The van der Waals surface area contributed by atoms with E-state index in [4.69, 9.17) is 10.7 Å². The van der Waals surface area contributed by atoms with Gasteiger partial charge < -0.3 is 36.6 Å². The summed E-state index contributed by atoms with van der Waals surface area (Å²) < 4.78 is 4.10. The van der Waals surface area contributed by atoms with E-state index in [0.717, 1.165) is 26.9 Å². The van der Waals surface area contributed by atoms with Crippen molar-refractivity contribution in [3.05, 3.63) is 117 Å². The smallest absolute Gasteiger partial charge is 0.339 e. The number of anilines is 1. The molecule has 0 bridgehead atoms. The number of aromatic nitrogens is 5. The van der Waals surface area contributed by atoms with Gasteiger partial charge in [0.25, 0.3) is 17.7 Å². The molecule has 0 aliphatic carbocycles. The van der Waals surface area contributed by atoms with Crippen molar-refractivity contribution in [3.63, 3.8) is 0 Å². The predicted octanol–water partition coefficient (Wildman–Crippen LogP) is 6.29. The maximum atomic E-state index is 13.6. The third kappa shape index (κ3) is 8.93. The van der Waals surface area contributed by atoms with Crippen LogP contribution in [0.5, 0.6) is 0 Å². The standard InChI is InChI=1S/C26H26N6O3S2.C17H17N3O4S/c1-3-17(13-33)28-24(34)22-21(16-8-10-36-14-16)30-23-18(5-4-9-32(22)23)25(35)31(2)12-15-6-7-19-20(11-15)37-26(27)29-19;1-2-11(8-21)18-16(22)14-13(10-5-7-25-9-10)19-15-12(17(23)24)4-3-6-20(14)15/h4-11,14,17,33H,3,12-13H2,1-2H3,(H2,27,29)(H,28,34);3-7,9,11,21H,2,8H2,1H3,(H,18,22)(H,23,24)/t17-;11-/m00/s1. The molecule has 0 radical (unpaired) electrons. The average molecular weight is 894 g/mol. The number of carbonyl (C=O) groups is 4. The second kappa shape index (κ2) is 19.0. The average Bonchev–Trinajstić information content (AvgIpc) is 4.13. The second-order valence-corrected chi connectivity index (χ2v) is 16.8. The van der Waals surface area contributed by atoms with Gasteiger partial charge in [-0.1, -0.05) is 31.3 Å². The number of thiophene rings is 2. The van der Waals surface area contributed by atoms with Crippen LogP contribution in [-0.4, -0.2) is 100 Å². The number of nitrogen functional groups attached to an aromatic ring is 1. The van der Waals surface area contributed by atoms with Crippen LogP contribution in [0.2, 0.25) is 0 Å². The summed E-state index contributed by atoms with van der Waals surface area (Å²) >= 11 is 4.37. The van der Waals surface area contributed by atoms with E-state index in [1.165, 1.54) is 44.5 Å². The van der Waals surface area contributed by atoms with E-state index < -0.39 is 11.9 Å². The van der Waals surface area contributed by atoms with Gasteiger partial charge in [0.15, 0.2) is 16.4 Å². The summed E-state index contributed by atoms with van der Waals surface area (Å²) in [6, 6.07) is 15.3. The molecule has 3 amide bonds. The minimum atomic E-state index is -1.11. The maximum Gasteiger partial charge on any atom is 0.339 e. The summed E-state index contributed by atoms with van der Waals surface area (Å²) in [5.74, 6) is -2.09. The number of aliphatic hydroxyl groups is 2. The van der Waals surface area contributed by atoms with Crippen molar-refractivity contribution in [1.82, 2.24) is 39.3 Å². The Hall–Kier alpha value is -6.51. The molecule has 7 heterocycles. The molecular formula is C43H43N9O7S3. The third-order valence-electron chi connectivity index (χ3n) is 10.1. The van der Waals surface area contributed by atoms with Crippen molar-refractivity contribution in [2.75, 3.05) is 26.0 Å². The number of benzene rings is 1. The van der Waals surface area contributed by atoms with Crippen molar-refractivity contribution in [3.8, 4) is 22.5 Å². The van der Waals surface area contributed by atoms with Gasteiger partial charge in [0.1, 0.15) is 28.3 Å². The fourth-order valence-corrected chi connectivity index (χ4v) is 8.88. The molecule has 19 heteroatoms. The summed E-state index contributed by atoms with van der Waals surface area (Å²) in [7, 11) is 1.74. The number of hydrogen-bond donors (Lipinski definition) is 6. The molecule has 0 aliphatic rings. The first-order valence-electron chi connectivity index (χ1n) is 19.5. The van der Waals surface area contributed by atoms with Crippen LogP contribution in [0.15, 0.2) is 88.5 Å². The molecule has 320 valence electrons. The van der Waals surface area contributed by atoms with Gasteiger partial charge in [-0.05, 0) is 77.7 Å². The van der Waals surface area contributed by atoms with E-state index in [-0.39, 0.29) is 54.0 Å². The zero-order valence-corrected chi connectivity index (χ0v) is 36.3. The SMILES string of the molecule is CC[C@@H](CO)NC(=O)c1c(-c2ccsc2)nc2c(C(=O)N(C)Cc3ccc4nc(N)sc4c3)cccn12.CC[C@@H](CO)NC(=O)c1c(-c2ccsc2)nc2c(C(=O)O)cccn12. The lowest BCUT2D eigenvalue weighted by atomic mass is 10.1. The predicted molar refractivity (Wildman–Crippen MR) is 241 cm³/mol. The normalized spacial score (nSPS) is 12.2. The molecule has 16 nitrogen and oxygen atoms in total. The first-order valence-corrected chi connectivity index (χ1v) is 22.2. The Morgan fingerprint density at radius 1 is 0.774 bits per heavy atom. The molecule has 0 aliphatic heterocycles. The van der Waals surface area contributed by atoms with Crippen LogP contribution >= 0.6 is 34.0 Å². The van der Waals surface area contributed by atoms with Gasteiger partial charge in [0.2, 0.25) is 0 Å². The molecule has 0 unspecified atom stereocenters. The number of nitrogens with zero attached hydrogens (tertiary/aromatic N) is 6. The molecule has 0 fully saturated rings. The highest BCUT2D eigenvalue weighted by atomic mass is 32.1. The van der Waals surface area contributed by atoms with Crippen molar-refractivity contribution < 1.29 is 34.5 Å². The number of nitrogens with two attached hydrogens (primary N) is 1. The number of carboxylic acids is 1. The van der Waals surface area contributed by atoms with E-state index >= 15 is 0 Å². The number of fused-ring (bicyclic) bond motifs is 3. The summed E-state index contributed by atoms with van der Waals surface area (Å²) in [5.41, 5.74) is 11.6. The molecule has 7 aromatic heterocycles. The van der Waals surface area contributed by atoms with Gasteiger partial charge in [0.05, 0.1) is 41.1 Å². The highest BCUT2D eigenvalue weighted by molar-refractivity contribution is 7.22. The molecule has 0 saturated carbocycles. The number of rotatable bonds is 14. The highest BCUT2D eigenvalue weighted by Gasteiger charge is 2.27. The minimum absolute atomic E-state index is 0.0206. The summed E-state index contributed by atoms with van der Waals surface area (Å²) in [6.07, 6.45) is 4.50. The van der Waals surface area contributed by atoms with E-state index in [1.54, 1.807) is 46.9 Å². The number of nitrogens with one attached hydrogen (secondary N) is 2. The zero-order valence-electron chi connectivity index (χ0n) is 33.8. The maximum absolute atomic E-state index is 13.6.